The second-order valence-electron chi connectivity index (χ2n) is 6.39. The zero-order valence-electron chi connectivity index (χ0n) is 13.4. The van der Waals surface area contributed by atoms with Gasteiger partial charge in [0.25, 0.3) is 0 Å². The van der Waals surface area contributed by atoms with E-state index in [1.165, 1.54) is 44.5 Å². The summed E-state index contributed by atoms with van der Waals surface area (Å²) in [4.78, 5) is 16.6. The second-order valence-corrected chi connectivity index (χ2v) is 6.39. The Labute approximate surface area is 133 Å². The van der Waals surface area contributed by atoms with Crippen molar-refractivity contribution in [2.45, 2.75) is 38.5 Å². The van der Waals surface area contributed by atoms with Crippen molar-refractivity contribution in [1.29, 1.82) is 0 Å². The van der Waals surface area contributed by atoms with Gasteiger partial charge in [-0.15, -0.1) is 0 Å². The fourth-order valence-electron chi connectivity index (χ4n) is 3.37. The molecule has 1 N–H and O–H groups in total. The number of carbonyl (C=O) groups is 1. The van der Waals surface area contributed by atoms with E-state index in [4.69, 9.17) is 0 Å². The zero-order chi connectivity index (χ0) is 15.2. The maximum atomic E-state index is 12.1. The van der Waals surface area contributed by atoms with Gasteiger partial charge in [0, 0.05) is 37.6 Å². The van der Waals surface area contributed by atoms with Gasteiger partial charge in [-0.25, -0.2) is 0 Å². The third kappa shape index (κ3) is 3.93. The molecular formula is C18H27N3O. The van der Waals surface area contributed by atoms with Gasteiger partial charge in [0.15, 0.2) is 0 Å². The van der Waals surface area contributed by atoms with Gasteiger partial charge >= 0.3 is 0 Å². The predicted molar refractivity (Wildman–Crippen MR) is 91.4 cm³/mol. The van der Waals surface area contributed by atoms with Crippen LogP contribution in [0.25, 0.3) is 0 Å². The SMILES string of the molecule is O=C(CNc1ccc(N2CCCCC2)cc1)N1CCCCC1. The Morgan fingerprint density at radius 1 is 0.864 bits per heavy atom. The van der Waals surface area contributed by atoms with Crippen molar-refractivity contribution in [3.05, 3.63) is 24.3 Å². The minimum absolute atomic E-state index is 0.222. The van der Waals surface area contributed by atoms with E-state index in [0.717, 1.165) is 31.6 Å². The van der Waals surface area contributed by atoms with Gasteiger partial charge in [0.1, 0.15) is 0 Å². The molecule has 0 saturated carbocycles. The average Bonchev–Trinajstić information content (AvgIpc) is 2.61. The number of rotatable bonds is 4. The van der Waals surface area contributed by atoms with Gasteiger partial charge in [-0.1, -0.05) is 0 Å². The van der Waals surface area contributed by atoms with E-state index in [1.807, 2.05) is 4.90 Å². The van der Waals surface area contributed by atoms with Gasteiger partial charge in [0.2, 0.25) is 5.91 Å². The molecule has 0 aliphatic carbocycles. The highest BCUT2D eigenvalue weighted by Crippen LogP contribution is 2.21. The summed E-state index contributed by atoms with van der Waals surface area (Å²) in [5.74, 6) is 0.222. The molecule has 0 unspecified atom stereocenters. The molecule has 1 aromatic carbocycles. The monoisotopic (exact) mass is 301 g/mol. The molecule has 22 heavy (non-hydrogen) atoms. The number of nitrogens with one attached hydrogen (secondary N) is 1. The average molecular weight is 301 g/mol. The molecule has 0 bridgehead atoms. The molecule has 2 aliphatic rings. The van der Waals surface area contributed by atoms with E-state index in [9.17, 15) is 4.79 Å². The lowest BCUT2D eigenvalue weighted by Gasteiger charge is -2.29. The van der Waals surface area contributed by atoms with E-state index in [2.05, 4.69) is 34.5 Å². The van der Waals surface area contributed by atoms with Crippen LogP contribution in [0.2, 0.25) is 0 Å². The Kier molecular flexibility index (Phi) is 5.20. The van der Waals surface area contributed by atoms with Crippen LogP contribution in [0.15, 0.2) is 24.3 Å². The molecule has 120 valence electrons. The van der Waals surface area contributed by atoms with E-state index < -0.39 is 0 Å². The van der Waals surface area contributed by atoms with E-state index in [1.54, 1.807) is 0 Å². The Bertz CT molecular complexity index is 474. The van der Waals surface area contributed by atoms with Crippen molar-refractivity contribution in [1.82, 2.24) is 4.90 Å². The Balaban J connectivity index is 1.49. The molecule has 0 spiro atoms. The molecule has 2 heterocycles. The topological polar surface area (TPSA) is 35.6 Å². The number of hydrogen-bond donors (Lipinski definition) is 1. The molecule has 4 nitrogen and oxygen atoms in total. The number of hydrogen-bond acceptors (Lipinski definition) is 3. The van der Waals surface area contributed by atoms with Crippen LogP contribution in [0, 0.1) is 0 Å². The van der Waals surface area contributed by atoms with Gasteiger partial charge in [-0.2, -0.15) is 0 Å². The molecule has 0 aromatic heterocycles. The highest BCUT2D eigenvalue weighted by molar-refractivity contribution is 5.81. The van der Waals surface area contributed by atoms with Gasteiger partial charge in [-0.05, 0) is 62.8 Å². The minimum Gasteiger partial charge on any atom is -0.376 e. The van der Waals surface area contributed by atoms with Crippen LogP contribution in [0.5, 0.6) is 0 Å². The lowest BCUT2D eigenvalue weighted by molar-refractivity contribution is -0.130. The van der Waals surface area contributed by atoms with Crippen LogP contribution in [0.4, 0.5) is 11.4 Å². The number of nitrogens with zero attached hydrogens (tertiary/aromatic N) is 2. The minimum atomic E-state index is 0.222. The van der Waals surface area contributed by atoms with Crippen molar-refractivity contribution < 1.29 is 4.79 Å². The largest absolute Gasteiger partial charge is 0.376 e. The lowest BCUT2D eigenvalue weighted by atomic mass is 10.1. The standard InChI is InChI=1S/C18H27N3O/c22-18(21-13-5-2-6-14-21)15-19-16-7-9-17(10-8-16)20-11-3-1-4-12-20/h7-10,19H,1-6,11-15H2. The molecule has 2 saturated heterocycles. The molecule has 0 radical (unpaired) electrons. The maximum absolute atomic E-state index is 12.1. The normalized spacial score (nSPS) is 19.1. The molecule has 2 aliphatic heterocycles. The highest BCUT2D eigenvalue weighted by Gasteiger charge is 2.16. The number of anilines is 2. The maximum Gasteiger partial charge on any atom is 0.241 e. The summed E-state index contributed by atoms with van der Waals surface area (Å²) in [6, 6.07) is 8.51. The summed E-state index contributed by atoms with van der Waals surface area (Å²) in [5.41, 5.74) is 2.33. The van der Waals surface area contributed by atoms with E-state index in [-0.39, 0.29) is 5.91 Å². The third-order valence-corrected chi connectivity index (χ3v) is 4.74. The summed E-state index contributed by atoms with van der Waals surface area (Å²) >= 11 is 0. The van der Waals surface area contributed by atoms with Crippen molar-refractivity contribution in [2.24, 2.45) is 0 Å². The number of amides is 1. The number of piperidine rings is 2. The van der Waals surface area contributed by atoms with Crippen LogP contribution < -0.4 is 10.2 Å². The Hall–Kier alpha value is -1.71. The van der Waals surface area contributed by atoms with Crippen LogP contribution in [-0.4, -0.2) is 43.5 Å². The van der Waals surface area contributed by atoms with Crippen LogP contribution >= 0.6 is 0 Å². The van der Waals surface area contributed by atoms with Crippen LogP contribution in [0.1, 0.15) is 38.5 Å². The van der Waals surface area contributed by atoms with Gasteiger partial charge < -0.3 is 15.1 Å². The number of likely N-dealkylation sites (tertiary alicyclic amines) is 1. The van der Waals surface area contributed by atoms with Crippen molar-refractivity contribution in [2.75, 3.05) is 42.9 Å². The first-order valence-electron chi connectivity index (χ1n) is 8.69. The first kappa shape index (κ1) is 15.2. The Morgan fingerprint density at radius 2 is 1.45 bits per heavy atom. The molecule has 1 amide bonds. The first-order chi connectivity index (χ1) is 10.8. The fourth-order valence-corrected chi connectivity index (χ4v) is 3.37. The number of benzene rings is 1. The lowest BCUT2D eigenvalue weighted by Crippen LogP contribution is -2.39. The summed E-state index contributed by atoms with van der Waals surface area (Å²) in [7, 11) is 0. The van der Waals surface area contributed by atoms with E-state index in [0.29, 0.717) is 6.54 Å². The molecule has 2 fully saturated rings. The third-order valence-electron chi connectivity index (χ3n) is 4.74. The van der Waals surface area contributed by atoms with Crippen LogP contribution in [-0.2, 0) is 4.79 Å². The first-order valence-corrected chi connectivity index (χ1v) is 8.69. The molecule has 0 atom stereocenters. The van der Waals surface area contributed by atoms with Gasteiger partial charge in [-0.3, -0.25) is 4.79 Å². The van der Waals surface area contributed by atoms with E-state index >= 15 is 0 Å². The summed E-state index contributed by atoms with van der Waals surface area (Å²) in [5, 5.41) is 3.26. The summed E-state index contributed by atoms with van der Waals surface area (Å²) in [6.07, 6.45) is 7.51. The Morgan fingerprint density at radius 3 is 2.09 bits per heavy atom. The molecule has 4 heteroatoms. The highest BCUT2D eigenvalue weighted by atomic mass is 16.2. The zero-order valence-corrected chi connectivity index (χ0v) is 13.4. The molecule has 3 rings (SSSR count). The van der Waals surface area contributed by atoms with Crippen molar-refractivity contribution >= 4 is 17.3 Å². The second kappa shape index (κ2) is 7.52. The van der Waals surface area contributed by atoms with Crippen molar-refractivity contribution in [3.8, 4) is 0 Å². The van der Waals surface area contributed by atoms with Gasteiger partial charge in [0.05, 0.1) is 6.54 Å². The number of carbonyl (C=O) groups excluding carboxylic acids is 1. The quantitative estimate of drug-likeness (QED) is 0.928. The molecular weight excluding hydrogens is 274 g/mol. The van der Waals surface area contributed by atoms with Crippen molar-refractivity contribution in [3.63, 3.8) is 0 Å². The summed E-state index contributed by atoms with van der Waals surface area (Å²) < 4.78 is 0. The summed E-state index contributed by atoms with van der Waals surface area (Å²) in [6.45, 7) is 4.59. The predicted octanol–water partition coefficient (Wildman–Crippen LogP) is 3.10. The smallest absolute Gasteiger partial charge is 0.241 e. The molecule has 1 aromatic rings. The van der Waals surface area contributed by atoms with Crippen LogP contribution in [0.3, 0.4) is 0 Å². The fraction of sp³-hybridized carbons (Fsp3) is 0.611.